The van der Waals surface area contributed by atoms with Crippen LogP contribution in [0.3, 0.4) is 0 Å². The van der Waals surface area contributed by atoms with Gasteiger partial charge in [-0.1, -0.05) is 30.7 Å². The summed E-state index contributed by atoms with van der Waals surface area (Å²) in [6.45, 7) is 9.31. The van der Waals surface area contributed by atoms with Crippen molar-refractivity contribution in [1.82, 2.24) is 29.7 Å². The van der Waals surface area contributed by atoms with E-state index in [4.69, 9.17) is 9.97 Å². The molecule has 4 aliphatic heterocycles. The highest BCUT2D eigenvalue weighted by molar-refractivity contribution is 6.09. The van der Waals surface area contributed by atoms with Crippen molar-refractivity contribution in [3.05, 3.63) is 66.2 Å². The van der Waals surface area contributed by atoms with Crippen molar-refractivity contribution in [2.24, 2.45) is 5.92 Å². The summed E-state index contributed by atoms with van der Waals surface area (Å²) in [6, 6.07) is 15.8. The Morgan fingerprint density at radius 3 is 2.52 bits per heavy atom. The fraction of sp³-hybridized carbons (Fsp3) is 0.512. The van der Waals surface area contributed by atoms with Crippen molar-refractivity contribution in [3.63, 3.8) is 0 Å². The van der Waals surface area contributed by atoms with Gasteiger partial charge in [-0.05, 0) is 108 Å². The van der Waals surface area contributed by atoms with Crippen LogP contribution in [0.4, 0.5) is 21.6 Å². The van der Waals surface area contributed by atoms with Crippen LogP contribution >= 0.6 is 0 Å². The number of anilines is 3. The van der Waals surface area contributed by atoms with E-state index in [0.717, 1.165) is 73.3 Å². The van der Waals surface area contributed by atoms with E-state index in [1.807, 2.05) is 17.3 Å². The Labute approximate surface area is 304 Å². The highest BCUT2D eigenvalue weighted by atomic mass is 19.1. The molecule has 2 N–H and O–H groups in total. The number of pyridine rings is 1. The van der Waals surface area contributed by atoms with Gasteiger partial charge < -0.3 is 29.9 Å². The first-order chi connectivity index (χ1) is 25.3. The molecule has 272 valence electrons. The minimum absolute atomic E-state index is 0.0379. The molecule has 11 heteroatoms. The molecule has 2 aromatic carbocycles. The minimum Gasteiger partial charge on any atom is -0.342 e. The van der Waals surface area contributed by atoms with E-state index in [0.29, 0.717) is 49.2 Å². The number of carbonyl (C=O) groups is 2. The summed E-state index contributed by atoms with van der Waals surface area (Å²) in [5.41, 5.74) is 4.93. The molecule has 1 spiro atoms. The van der Waals surface area contributed by atoms with Crippen molar-refractivity contribution in [1.29, 1.82) is 0 Å². The van der Waals surface area contributed by atoms with Gasteiger partial charge in [0, 0.05) is 49.0 Å². The number of aromatic nitrogens is 3. The Bertz CT molecular complexity index is 2000. The van der Waals surface area contributed by atoms with Crippen LogP contribution in [0.25, 0.3) is 22.3 Å². The molecule has 0 bridgehead atoms. The molecule has 3 saturated heterocycles. The number of benzene rings is 2. The normalized spacial score (nSPS) is 24.5. The predicted molar refractivity (Wildman–Crippen MR) is 201 cm³/mol. The average Bonchev–Trinajstić information content (AvgIpc) is 3.89. The number of halogens is 1. The Balaban J connectivity index is 1.08. The van der Waals surface area contributed by atoms with Crippen molar-refractivity contribution in [2.45, 2.75) is 88.8 Å². The largest absolute Gasteiger partial charge is 0.342 e. The SMILES string of the molecule is CC(C)n1cnc2cc(-c3ccc4c(c3)N([C@H]3C[C@@H](N5CCCCC5)C3)C(=O)C43CCN(C(=O)[C@@H]4CCNC4)CC3)nc(Nc3ccccc3F)c21. The van der Waals surface area contributed by atoms with Gasteiger partial charge in [0.25, 0.3) is 0 Å². The quantitative estimate of drug-likeness (QED) is 0.230. The van der Waals surface area contributed by atoms with E-state index in [2.05, 4.69) is 57.0 Å². The molecule has 6 heterocycles. The molecule has 4 aromatic rings. The molecule has 4 fully saturated rings. The van der Waals surface area contributed by atoms with Crippen LogP contribution in [-0.2, 0) is 15.0 Å². The lowest BCUT2D eigenvalue weighted by Gasteiger charge is -2.48. The zero-order valence-corrected chi connectivity index (χ0v) is 30.3. The Hall–Kier alpha value is -4.35. The van der Waals surface area contributed by atoms with Gasteiger partial charge in [-0.2, -0.15) is 0 Å². The molecule has 1 atom stereocenters. The van der Waals surface area contributed by atoms with Crippen molar-refractivity contribution < 1.29 is 14.0 Å². The second-order valence-electron chi connectivity index (χ2n) is 16.0. The third-order valence-electron chi connectivity index (χ3n) is 12.6. The maximum absolute atomic E-state index is 14.9. The summed E-state index contributed by atoms with van der Waals surface area (Å²) in [4.78, 5) is 44.9. The van der Waals surface area contributed by atoms with Crippen molar-refractivity contribution in [2.75, 3.05) is 49.5 Å². The number of carbonyl (C=O) groups excluding carboxylic acids is 2. The molecule has 0 radical (unpaired) electrons. The average molecular weight is 705 g/mol. The Morgan fingerprint density at radius 1 is 1.00 bits per heavy atom. The lowest BCUT2D eigenvalue weighted by molar-refractivity contribution is -0.138. The summed E-state index contributed by atoms with van der Waals surface area (Å²) >= 11 is 0. The summed E-state index contributed by atoms with van der Waals surface area (Å²) in [7, 11) is 0. The number of hydrogen-bond acceptors (Lipinski definition) is 7. The molecule has 1 saturated carbocycles. The van der Waals surface area contributed by atoms with Gasteiger partial charge in [-0.25, -0.2) is 14.4 Å². The van der Waals surface area contributed by atoms with Crippen LogP contribution in [0.2, 0.25) is 0 Å². The number of fused-ring (bicyclic) bond motifs is 3. The Morgan fingerprint density at radius 2 is 1.79 bits per heavy atom. The number of nitrogens with one attached hydrogen (secondary N) is 2. The molecule has 10 nitrogen and oxygen atoms in total. The first kappa shape index (κ1) is 33.5. The highest BCUT2D eigenvalue weighted by Gasteiger charge is 2.56. The maximum atomic E-state index is 14.9. The van der Waals surface area contributed by atoms with Gasteiger partial charge >= 0.3 is 0 Å². The minimum atomic E-state index is -0.639. The number of para-hydroxylation sites is 1. The van der Waals surface area contributed by atoms with Crippen LogP contribution in [-0.4, -0.2) is 87.5 Å². The fourth-order valence-corrected chi connectivity index (χ4v) is 9.56. The number of amides is 2. The van der Waals surface area contributed by atoms with Gasteiger partial charge in [0.1, 0.15) is 11.3 Å². The summed E-state index contributed by atoms with van der Waals surface area (Å²) in [6.07, 6.45) is 9.76. The van der Waals surface area contributed by atoms with Crippen LogP contribution in [0.1, 0.15) is 76.8 Å². The van der Waals surface area contributed by atoms with Gasteiger partial charge in [0.2, 0.25) is 11.8 Å². The monoisotopic (exact) mass is 704 g/mol. The second-order valence-corrected chi connectivity index (χ2v) is 16.0. The number of hydrogen-bond donors (Lipinski definition) is 2. The summed E-state index contributed by atoms with van der Waals surface area (Å²) in [5.74, 6) is 0.633. The van der Waals surface area contributed by atoms with E-state index in [9.17, 15) is 14.0 Å². The zero-order valence-electron chi connectivity index (χ0n) is 30.3. The Kier molecular flexibility index (Phi) is 8.53. The zero-order chi connectivity index (χ0) is 35.6. The van der Waals surface area contributed by atoms with Crippen molar-refractivity contribution in [3.8, 4) is 11.3 Å². The lowest BCUT2D eigenvalue weighted by atomic mass is 9.73. The molecule has 1 aliphatic carbocycles. The highest BCUT2D eigenvalue weighted by Crippen LogP contribution is 2.52. The molecular weight excluding hydrogens is 656 g/mol. The van der Waals surface area contributed by atoms with Crippen LogP contribution in [0, 0.1) is 11.7 Å². The van der Waals surface area contributed by atoms with Crippen LogP contribution in [0.5, 0.6) is 0 Å². The van der Waals surface area contributed by atoms with E-state index >= 15 is 0 Å². The third kappa shape index (κ3) is 5.59. The van der Waals surface area contributed by atoms with Crippen LogP contribution in [0.15, 0.2) is 54.9 Å². The molecule has 0 unspecified atom stereocenters. The fourth-order valence-electron chi connectivity index (χ4n) is 9.56. The topological polar surface area (TPSA) is 98.6 Å². The standard InChI is InChI=1S/C41H49FN8O2/c1-26(2)49-25-44-35-23-34(46-38(37(35)49)45-33-9-5-4-8-32(33)42)27-10-11-31-36(20-27)50(30-21-29(22-30)47-16-6-3-7-17-47)40(52)41(31)13-18-48(19-14-41)39(51)28-12-15-43-24-28/h4-5,8-11,20,23,25-26,28-30,43H,3,6-7,12-19,21-22,24H2,1-2H3,(H,45,46)/t28-,29-,30+/m1/s1. The molecule has 52 heavy (non-hydrogen) atoms. The van der Waals surface area contributed by atoms with Crippen LogP contribution < -0.4 is 15.5 Å². The molecule has 9 rings (SSSR count). The predicted octanol–water partition coefficient (Wildman–Crippen LogP) is 6.40. The number of likely N-dealkylation sites (tertiary alicyclic amines) is 2. The lowest BCUT2D eigenvalue weighted by Crippen LogP contribution is -2.58. The van der Waals surface area contributed by atoms with E-state index in [1.165, 1.54) is 25.3 Å². The smallest absolute Gasteiger partial charge is 0.238 e. The van der Waals surface area contributed by atoms with Crippen molar-refractivity contribution >= 4 is 40.0 Å². The van der Waals surface area contributed by atoms with Gasteiger partial charge in [-0.15, -0.1) is 0 Å². The van der Waals surface area contributed by atoms with E-state index in [1.54, 1.807) is 18.2 Å². The van der Waals surface area contributed by atoms with Gasteiger partial charge in [0.05, 0.1) is 34.6 Å². The second kappa shape index (κ2) is 13.3. The summed E-state index contributed by atoms with van der Waals surface area (Å²) < 4.78 is 17.0. The number of rotatable bonds is 7. The van der Waals surface area contributed by atoms with E-state index < -0.39 is 5.41 Å². The van der Waals surface area contributed by atoms with E-state index in [-0.39, 0.29) is 35.6 Å². The maximum Gasteiger partial charge on any atom is 0.238 e. The van der Waals surface area contributed by atoms with Gasteiger partial charge in [0.15, 0.2) is 5.82 Å². The third-order valence-corrected chi connectivity index (χ3v) is 12.6. The molecular formula is C41H49FN8O2. The number of nitrogens with zero attached hydrogens (tertiary/aromatic N) is 6. The first-order valence-electron chi connectivity index (χ1n) is 19.4. The molecule has 2 aromatic heterocycles. The number of piperidine rings is 2. The molecule has 2 amide bonds. The molecule has 5 aliphatic rings. The first-order valence-corrected chi connectivity index (χ1v) is 19.4. The van der Waals surface area contributed by atoms with Gasteiger partial charge in [-0.3, -0.25) is 9.59 Å². The number of imidazole rings is 1. The summed E-state index contributed by atoms with van der Waals surface area (Å²) in [5, 5.41) is 6.60.